The standard InChI is InChI=1S/C11H18N4O2/c1-11(2,3)9(16)7-15-6-8(12-13-15)10(17)14(4)5/h6H,7H2,1-5H3. The minimum Gasteiger partial charge on any atom is -0.343 e. The molecule has 1 amide bonds. The summed E-state index contributed by atoms with van der Waals surface area (Å²) in [7, 11) is 3.28. The molecule has 0 saturated heterocycles. The average molecular weight is 238 g/mol. The zero-order valence-corrected chi connectivity index (χ0v) is 10.9. The predicted octanol–water partition coefficient (Wildman–Crippen LogP) is 0.595. The van der Waals surface area contributed by atoms with Crippen LogP contribution in [0.15, 0.2) is 6.20 Å². The SMILES string of the molecule is CN(C)C(=O)c1cn(CC(=O)C(C)(C)C)nn1. The highest BCUT2D eigenvalue weighted by Crippen LogP contribution is 2.15. The number of carbonyl (C=O) groups is 2. The molecule has 0 bridgehead atoms. The second-order valence-corrected chi connectivity index (χ2v) is 5.17. The molecule has 0 unspecified atom stereocenters. The predicted molar refractivity (Wildman–Crippen MR) is 62.5 cm³/mol. The summed E-state index contributed by atoms with van der Waals surface area (Å²) in [6.07, 6.45) is 1.49. The van der Waals surface area contributed by atoms with Crippen LogP contribution in [0, 0.1) is 5.41 Å². The number of nitrogens with zero attached hydrogens (tertiary/aromatic N) is 4. The molecule has 94 valence electrons. The molecule has 0 aromatic carbocycles. The van der Waals surface area contributed by atoms with E-state index in [-0.39, 0.29) is 23.9 Å². The minimum absolute atomic E-state index is 0.0475. The lowest BCUT2D eigenvalue weighted by Crippen LogP contribution is -2.25. The van der Waals surface area contributed by atoms with Crippen LogP contribution in [0.3, 0.4) is 0 Å². The van der Waals surface area contributed by atoms with Crippen LogP contribution in [-0.4, -0.2) is 45.7 Å². The van der Waals surface area contributed by atoms with E-state index in [0.717, 1.165) is 0 Å². The van der Waals surface area contributed by atoms with Gasteiger partial charge in [0.1, 0.15) is 6.54 Å². The number of aromatic nitrogens is 3. The molecule has 0 aliphatic heterocycles. The lowest BCUT2D eigenvalue weighted by Gasteiger charge is -2.15. The molecule has 0 spiro atoms. The van der Waals surface area contributed by atoms with Gasteiger partial charge in [-0.05, 0) is 0 Å². The number of Topliss-reactive ketones (excluding diaryl/α,β-unsaturated/α-hetero) is 1. The molecule has 0 saturated carbocycles. The van der Waals surface area contributed by atoms with Crippen LogP contribution in [0.2, 0.25) is 0 Å². The molecule has 0 N–H and O–H groups in total. The zero-order valence-electron chi connectivity index (χ0n) is 10.9. The first-order chi connectivity index (χ1) is 7.71. The molecule has 0 aliphatic carbocycles. The zero-order chi connectivity index (χ0) is 13.2. The Kier molecular flexibility index (Phi) is 3.65. The summed E-state index contributed by atoms with van der Waals surface area (Å²) in [5.41, 5.74) is -0.172. The van der Waals surface area contributed by atoms with E-state index < -0.39 is 5.41 Å². The summed E-state index contributed by atoms with van der Waals surface area (Å²) < 4.78 is 1.39. The summed E-state index contributed by atoms with van der Waals surface area (Å²) in [5.74, 6) is -0.175. The Hall–Kier alpha value is -1.72. The second kappa shape index (κ2) is 4.65. The van der Waals surface area contributed by atoms with E-state index >= 15 is 0 Å². The van der Waals surface area contributed by atoms with Crippen LogP contribution in [-0.2, 0) is 11.3 Å². The van der Waals surface area contributed by atoms with E-state index in [1.54, 1.807) is 14.1 Å². The molecular weight excluding hydrogens is 220 g/mol. The molecule has 17 heavy (non-hydrogen) atoms. The van der Waals surface area contributed by atoms with Gasteiger partial charge in [-0.2, -0.15) is 0 Å². The van der Waals surface area contributed by atoms with Crippen molar-refractivity contribution in [2.45, 2.75) is 27.3 Å². The Balaban J connectivity index is 2.77. The Morgan fingerprint density at radius 3 is 2.41 bits per heavy atom. The minimum atomic E-state index is -0.419. The lowest BCUT2D eigenvalue weighted by molar-refractivity contribution is -0.127. The Morgan fingerprint density at radius 1 is 1.35 bits per heavy atom. The van der Waals surface area contributed by atoms with Gasteiger partial charge >= 0.3 is 0 Å². The lowest BCUT2D eigenvalue weighted by atomic mass is 9.91. The maximum atomic E-state index is 11.8. The van der Waals surface area contributed by atoms with Crippen LogP contribution in [0.5, 0.6) is 0 Å². The topological polar surface area (TPSA) is 68.1 Å². The summed E-state index contributed by atoms with van der Waals surface area (Å²) >= 11 is 0. The normalized spacial score (nSPS) is 11.4. The van der Waals surface area contributed by atoms with Crippen molar-refractivity contribution in [1.82, 2.24) is 19.9 Å². The van der Waals surface area contributed by atoms with E-state index in [1.807, 2.05) is 20.8 Å². The van der Waals surface area contributed by atoms with Crippen molar-refractivity contribution in [3.05, 3.63) is 11.9 Å². The summed E-state index contributed by atoms with van der Waals surface area (Å²) in [6.45, 7) is 5.67. The van der Waals surface area contributed by atoms with Gasteiger partial charge in [-0.3, -0.25) is 9.59 Å². The quantitative estimate of drug-likeness (QED) is 0.773. The van der Waals surface area contributed by atoms with Crippen LogP contribution >= 0.6 is 0 Å². The van der Waals surface area contributed by atoms with Gasteiger partial charge in [0.2, 0.25) is 0 Å². The maximum absolute atomic E-state index is 11.8. The van der Waals surface area contributed by atoms with Gasteiger partial charge in [0.15, 0.2) is 11.5 Å². The molecule has 1 rings (SSSR count). The third-order valence-corrected chi connectivity index (χ3v) is 2.31. The maximum Gasteiger partial charge on any atom is 0.275 e. The van der Waals surface area contributed by atoms with E-state index in [0.29, 0.717) is 0 Å². The van der Waals surface area contributed by atoms with Gasteiger partial charge in [0.25, 0.3) is 5.91 Å². The fraction of sp³-hybridized carbons (Fsp3) is 0.636. The average Bonchev–Trinajstić information content (AvgIpc) is 2.63. The molecule has 1 heterocycles. The van der Waals surface area contributed by atoms with E-state index in [1.165, 1.54) is 15.8 Å². The van der Waals surface area contributed by atoms with Crippen molar-refractivity contribution < 1.29 is 9.59 Å². The van der Waals surface area contributed by atoms with Crippen molar-refractivity contribution in [3.63, 3.8) is 0 Å². The molecule has 0 fully saturated rings. The van der Waals surface area contributed by atoms with Gasteiger partial charge in [0.05, 0.1) is 6.20 Å². The number of amides is 1. The fourth-order valence-corrected chi connectivity index (χ4v) is 1.09. The van der Waals surface area contributed by atoms with Crippen molar-refractivity contribution in [2.75, 3.05) is 14.1 Å². The molecule has 1 aromatic rings. The van der Waals surface area contributed by atoms with Gasteiger partial charge in [0, 0.05) is 19.5 Å². The third kappa shape index (κ3) is 3.37. The van der Waals surface area contributed by atoms with Crippen molar-refractivity contribution in [2.24, 2.45) is 5.41 Å². The van der Waals surface area contributed by atoms with Crippen LogP contribution in [0.4, 0.5) is 0 Å². The van der Waals surface area contributed by atoms with Gasteiger partial charge < -0.3 is 4.90 Å². The molecule has 0 atom stereocenters. The first-order valence-electron chi connectivity index (χ1n) is 5.37. The van der Waals surface area contributed by atoms with Gasteiger partial charge in [-0.15, -0.1) is 5.10 Å². The largest absolute Gasteiger partial charge is 0.343 e. The molecule has 1 aromatic heterocycles. The third-order valence-electron chi connectivity index (χ3n) is 2.31. The van der Waals surface area contributed by atoms with Gasteiger partial charge in [-0.25, -0.2) is 4.68 Å². The highest BCUT2D eigenvalue weighted by Gasteiger charge is 2.22. The van der Waals surface area contributed by atoms with Crippen LogP contribution < -0.4 is 0 Å². The van der Waals surface area contributed by atoms with Gasteiger partial charge in [-0.1, -0.05) is 26.0 Å². The van der Waals surface area contributed by atoms with E-state index in [9.17, 15) is 9.59 Å². The van der Waals surface area contributed by atoms with Crippen molar-refractivity contribution >= 4 is 11.7 Å². The highest BCUT2D eigenvalue weighted by molar-refractivity contribution is 5.91. The first-order valence-corrected chi connectivity index (χ1v) is 5.37. The highest BCUT2D eigenvalue weighted by atomic mass is 16.2. The van der Waals surface area contributed by atoms with Crippen molar-refractivity contribution in [1.29, 1.82) is 0 Å². The smallest absolute Gasteiger partial charge is 0.275 e. The van der Waals surface area contributed by atoms with E-state index in [4.69, 9.17) is 0 Å². The summed E-state index contributed by atoms with van der Waals surface area (Å²) in [5, 5.41) is 7.51. The number of rotatable bonds is 3. The molecule has 0 aliphatic rings. The van der Waals surface area contributed by atoms with Crippen LogP contribution in [0.25, 0.3) is 0 Å². The number of hydrogen-bond acceptors (Lipinski definition) is 4. The number of carbonyl (C=O) groups excluding carboxylic acids is 2. The molecular formula is C11H18N4O2. The van der Waals surface area contributed by atoms with Crippen LogP contribution in [0.1, 0.15) is 31.3 Å². The number of ketones is 1. The Labute approximate surface area is 101 Å². The summed E-state index contributed by atoms with van der Waals surface area (Å²) in [4.78, 5) is 24.7. The Bertz CT molecular complexity index is 429. The number of hydrogen-bond donors (Lipinski definition) is 0. The molecule has 6 nitrogen and oxygen atoms in total. The Morgan fingerprint density at radius 2 is 1.94 bits per heavy atom. The first kappa shape index (κ1) is 13.3. The molecule has 6 heteroatoms. The summed E-state index contributed by atoms with van der Waals surface area (Å²) in [6, 6.07) is 0. The van der Waals surface area contributed by atoms with E-state index in [2.05, 4.69) is 10.3 Å². The van der Waals surface area contributed by atoms with Crippen molar-refractivity contribution in [3.8, 4) is 0 Å². The molecule has 0 radical (unpaired) electrons. The second-order valence-electron chi connectivity index (χ2n) is 5.17. The fourth-order valence-electron chi connectivity index (χ4n) is 1.09. The monoisotopic (exact) mass is 238 g/mol.